The lowest BCUT2D eigenvalue weighted by Crippen LogP contribution is -1.97. The van der Waals surface area contributed by atoms with Gasteiger partial charge in [0.1, 0.15) is 5.82 Å². The molecule has 0 atom stereocenters. The molecule has 0 saturated carbocycles. The Balaban J connectivity index is 0.000000845. The van der Waals surface area contributed by atoms with Gasteiger partial charge in [-0.2, -0.15) is 0 Å². The van der Waals surface area contributed by atoms with Crippen molar-refractivity contribution in [3.8, 4) is 0 Å². The van der Waals surface area contributed by atoms with Gasteiger partial charge in [0.05, 0.1) is 11.2 Å². The maximum atomic E-state index is 5.60. The molecule has 0 spiro atoms. The molecule has 68 valence electrons. The summed E-state index contributed by atoms with van der Waals surface area (Å²) in [5, 5.41) is 1.02. The van der Waals surface area contributed by atoms with Gasteiger partial charge in [0.15, 0.2) is 0 Å². The molecule has 1 aromatic carbocycles. The Morgan fingerprint density at radius 2 is 1.77 bits per heavy atom. The molecule has 0 bridgehead atoms. The van der Waals surface area contributed by atoms with E-state index in [0.717, 1.165) is 10.9 Å². The van der Waals surface area contributed by atoms with Crippen LogP contribution in [0.5, 0.6) is 0 Å². The zero-order valence-corrected chi connectivity index (χ0v) is 7.71. The van der Waals surface area contributed by atoms with Gasteiger partial charge in [-0.1, -0.05) is 18.2 Å². The molecule has 2 aromatic rings. The molecule has 1 aromatic heterocycles. The van der Waals surface area contributed by atoms with Crippen LogP contribution in [0.15, 0.2) is 30.3 Å². The van der Waals surface area contributed by atoms with Gasteiger partial charge in [0, 0.05) is 5.39 Å². The van der Waals surface area contributed by atoms with Crippen LogP contribution in [-0.4, -0.2) is 4.98 Å². The molecule has 2 rings (SSSR count). The predicted octanol–water partition coefficient (Wildman–Crippen LogP) is 1.82. The average molecular weight is 196 g/mol. The van der Waals surface area contributed by atoms with Gasteiger partial charge >= 0.3 is 0 Å². The number of para-hydroxylation sites is 1. The zero-order chi connectivity index (χ0) is 8.55. The van der Waals surface area contributed by atoms with E-state index in [2.05, 4.69) is 4.98 Å². The van der Waals surface area contributed by atoms with E-state index in [1.54, 1.807) is 0 Å². The number of hydrogen-bond acceptors (Lipinski definition) is 3. The summed E-state index contributed by atoms with van der Waals surface area (Å²) < 4.78 is 0. The zero-order valence-electron chi connectivity index (χ0n) is 6.90. The second kappa shape index (κ2) is 3.49. The Hall–Kier alpha value is -1.48. The van der Waals surface area contributed by atoms with Crippen molar-refractivity contribution in [1.29, 1.82) is 0 Å². The molecule has 13 heavy (non-hydrogen) atoms. The number of rotatable bonds is 0. The number of nitrogens with two attached hydrogens (primary N) is 2. The van der Waals surface area contributed by atoms with Crippen LogP contribution in [0.4, 0.5) is 11.5 Å². The number of anilines is 2. The van der Waals surface area contributed by atoms with Crippen LogP contribution in [0.3, 0.4) is 0 Å². The fraction of sp³-hybridized carbons (Fsp3) is 0. The highest BCUT2D eigenvalue weighted by Crippen LogP contribution is 2.18. The highest BCUT2D eigenvalue weighted by atomic mass is 35.5. The van der Waals surface area contributed by atoms with Crippen LogP contribution in [-0.2, 0) is 0 Å². The number of aromatic nitrogens is 1. The normalized spacial score (nSPS) is 9.54. The van der Waals surface area contributed by atoms with Crippen LogP contribution in [0.1, 0.15) is 0 Å². The Morgan fingerprint density at radius 3 is 2.54 bits per heavy atom. The summed E-state index contributed by atoms with van der Waals surface area (Å²) in [5.41, 5.74) is 12.6. The summed E-state index contributed by atoms with van der Waals surface area (Å²) >= 11 is 0. The quantitative estimate of drug-likeness (QED) is 0.674. The van der Waals surface area contributed by atoms with Gasteiger partial charge in [-0.3, -0.25) is 0 Å². The van der Waals surface area contributed by atoms with Gasteiger partial charge in [-0.15, -0.1) is 12.4 Å². The van der Waals surface area contributed by atoms with Crippen LogP contribution < -0.4 is 11.5 Å². The molecule has 0 aliphatic heterocycles. The first-order valence-corrected chi connectivity index (χ1v) is 3.68. The third-order valence-corrected chi connectivity index (χ3v) is 1.78. The molecule has 0 fully saturated rings. The molecule has 1 heterocycles. The Kier molecular flexibility index (Phi) is 2.58. The summed E-state index contributed by atoms with van der Waals surface area (Å²) in [5.74, 6) is 0.397. The van der Waals surface area contributed by atoms with Crippen molar-refractivity contribution in [1.82, 2.24) is 4.98 Å². The third kappa shape index (κ3) is 1.65. The number of benzene rings is 1. The Labute approximate surface area is 82.2 Å². The van der Waals surface area contributed by atoms with Gasteiger partial charge in [0.2, 0.25) is 0 Å². The van der Waals surface area contributed by atoms with Crippen LogP contribution in [0.25, 0.3) is 10.9 Å². The topological polar surface area (TPSA) is 64.9 Å². The molecule has 3 nitrogen and oxygen atoms in total. The molecular weight excluding hydrogens is 186 g/mol. The van der Waals surface area contributed by atoms with Gasteiger partial charge in [0.25, 0.3) is 0 Å². The second-order valence-electron chi connectivity index (χ2n) is 2.66. The molecule has 0 amide bonds. The Morgan fingerprint density at radius 1 is 1.08 bits per heavy atom. The van der Waals surface area contributed by atoms with E-state index < -0.39 is 0 Å². The van der Waals surface area contributed by atoms with E-state index in [4.69, 9.17) is 11.5 Å². The monoisotopic (exact) mass is 195 g/mol. The van der Waals surface area contributed by atoms with E-state index >= 15 is 0 Å². The van der Waals surface area contributed by atoms with Crippen molar-refractivity contribution in [2.45, 2.75) is 0 Å². The SMILES string of the molecule is Cl.Nc1cc2ccccc2nc1N. The number of nitrogen functional groups attached to an aromatic ring is 2. The minimum absolute atomic E-state index is 0. The Bertz CT molecular complexity index is 388. The maximum absolute atomic E-state index is 5.60. The summed E-state index contributed by atoms with van der Waals surface area (Å²) in [7, 11) is 0. The van der Waals surface area contributed by atoms with E-state index in [1.165, 1.54) is 0 Å². The number of halogens is 1. The molecule has 0 aliphatic rings. The number of hydrogen-bond donors (Lipinski definition) is 2. The fourth-order valence-electron chi connectivity index (χ4n) is 1.15. The van der Waals surface area contributed by atoms with Crippen molar-refractivity contribution in [3.63, 3.8) is 0 Å². The smallest absolute Gasteiger partial charge is 0.147 e. The van der Waals surface area contributed by atoms with Crippen LogP contribution in [0.2, 0.25) is 0 Å². The molecule has 4 heteroatoms. The van der Waals surface area contributed by atoms with Gasteiger partial charge in [-0.25, -0.2) is 4.98 Å². The lowest BCUT2D eigenvalue weighted by molar-refractivity contribution is 1.42. The second-order valence-corrected chi connectivity index (χ2v) is 2.66. The lowest BCUT2D eigenvalue weighted by Gasteiger charge is -2.01. The van der Waals surface area contributed by atoms with E-state index in [-0.39, 0.29) is 12.4 Å². The van der Waals surface area contributed by atoms with Crippen LogP contribution >= 0.6 is 12.4 Å². The summed E-state index contributed by atoms with van der Waals surface area (Å²) in [6.45, 7) is 0. The van der Waals surface area contributed by atoms with Crippen molar-refractivity contribution in [3.05, 3.63) is 30.3 Å². The average Bonchev–Trinajstić information content (AvgIpc) is 2.07. The highest BCUT2D eigenvalue weighted by Gasteiger charge is 1.98. The first kappa shape index (κ1) is 9.61. The summed E-state index contributed by atoms with van der Waals surface area (Å²) in [4.78, 5) is 4.13. The van der Waals surface area contributed by atoms with Crippen LogP contribution in [0, 0.1) is 0 Å². The first-order valence-electron chi connectivity index (χ1n) is 3.68. The summed E-state index contributed by atoms with van der Waals surface area (Å²) in [6, 6.07) is 9.56. The van der Waals surface area contributed by atoms with E-state index in [9.17, 15) is 0 Å². The summed E-state index contributed by atoms with van der Waals surface area (Å²) in [6.07, 6.45) is 0. The first-order chi connectivity index (χ1) is 5.77. The highest BCUT2D eigenvalue weighted by molar-refractivity contribution is 5.85. The molecular formula is C9H10ClN3. The standard InChI is InChI=1S/C9H9N3.ClH/c10-7-5-6-3-1-2-4-8(6)12-9(7)11;/h1-5H,10H2,(H2,11,12);1H. The number of fused-ring (bicyclic) bond motifs is 1. The third-order valence-electron chi connectivity index (χ3n) is 1.78. The number of pyridine rings is 1. The minimum Gasteiger partial charge on any atom is -0.396 e. The molecule has 0 aliphatic carbocycles. The molecule has 4 N–H and O–H groups in total. The van der Waals surface area contributed by atoms with E-state index in [1.807, 2.05) is 30.3 Å². The van der Waals surface area contributed by atoms with Crippen molar-refractivity contribution >= 4 is 34.8 Å². The molecule has 0 radical (unpaired) electrons. The lowest BCUT2D eigenvalue weighted by atomic mass is 10.2. The largest absolute Gasteiger partial charge is 0.396 e. The maximum Gasteiger partial charge on any atom is 0.147 e. The minimum atomic E-state index is 0. The van der Waals surface area contributed by atoms with Crippen molar-refractivity contribution in [2.75, 3.05) is 11.5 Å². The van der Waals surface area contributed by atoms with Crippen molar-refractivity contribution < 1.29 is 0 Å². The predicted molar refractivity (Wildman–Crippen MR) is 57.8 cm³/mol. The van der Waals surface area contributed by atoms with E-state index in [0.29, 0.717) is 11.5 Å². The van der Waals surface area contributed by atoms with Gasteiger partial charge < -0.3 is 11.5 Å². The number of nitrogens with zero attached hydrogens (tertiary/aromatic N) is 1. The fourth-order valence-corrected chi connectivity index (χ4v) is 1.15. The molecule has 0 saturated heterocycles. The van der Waals surface area contributed by atoms with Crippen molar-refractivity contribution in [2.24, 2.45) is 0 Å². The molecule has 0 unspecified atom stereocenters. The van der Waals surface area contributed by atoms with Gasteiger partial charge in [-0.05, 0) is 12.1 Å².